The number of nitro groups is 1. The number of dihydropyridines is 1. The molecule has 1 aromatic carbocycles. The van der Waals surface area contributed by atoms with Crippen molar-refractivity contribution in [3.8, 4) is 0 Å². The molecule has 324 valence electrons. The second kappa shape index (κ2) is 15.4. The van der Waals surface area contributed by atoms with E-state index in [4.69, 9.17) is 9.47 Å². The number of likely N-dealkylation sites (N-methyl/N-ethyl adjacent to an activating group) is 1. The Morgan fingerprint density at radius 1 is 0.754 bits per heavy atom. The second-order valence-electron chi connectivity index (χ2n) is 11.6. The second-order valence-corrected chi connectivity index (χ2v) is 13.7. The number of benzene rings is 1. The maximum atomic E-state index is 14.7. The Morgan fingerprint density at radius 2 is 1.18 bits per heavy atom. The summed E-state index contributed by atoms with van der Waals surface area (Å²) in [5, 5.41) is 6.13. The van der Waals surface area contributed by atoms with Gasteiger partial charge in [-0.3, -0.25) is 10.1 Å². The molecule has 0 aliphatic carbocycles. The SMILES string of the molecule is CCOC(=O)C1=C(C)NC(C)=C(C(=O)OCCN(C)S(=O)(=O)C(F)(F)C(F)(F)C(F)(F)C(F)(F)C(F)(F)C(F)(F)C(F)(F)C(F)(F)F)C1c1cccc([N+](=O)[O-])c1. The third-order valence-electron chi connectivity index (χ3n) is 7.96. The largest absolute Gasteiger partial charge is 0.463 e. The van der Waals surface area contributed by atoms with Crippen LogP contribution in [0, 0.1) is 10.1 Å². The van der Waals surface area contributed by atoms with Crippen LogP contribution in [0.1, 0.15) is 32.3 Å². The molecule has 11 nitrogen and oxygen atoms in total. The van der Waals surface area contributed by atoms with Gasteiger partial charge in [0.1, 0.15) is 6.61 Å². The van der Waals surface area contributed by atoms with Crippen molar-refractivity contribution in [3.63, 3.8) is 0 Å². The Kier molecular flexibility index (Phi) is 13.1. The third kappa shape index (κ3) is 7.66. The highest BCUT2D eigenvalue weighted by Gasteiger charge is 2.96. The number of nitro benzene ring substituents is 1. The lowest BCUT2D eigenvalue weighted by atomic mass is 9.80. The summed E-state index contributed by atoms with van der Waals surface area (Å²) < 4.78 is 266. The van der Waals surface area contributed by atoms with Crippen LogP contribution in [0.3, 0.4) is 0 Å². The van der Waals surface area contributed by atoms with Crippen molar-refractivity contribution in [1.82, 2.24) is 9.62 Å². The van der Waals surface area contributed by atoms with E-state index in [0.717, 1.165) is 31.2 Å². The van der Waals surface area contributed by atoms with Crippen LogP contribution in [-0.4, -0.2) is 103 Å². The molecule has 0 fully saturated rings. The predicted octanol–water partition coefficient (Wildman–Crippen LogP) is 7.16. The highest BCUT2D eigenvalue weighted by molar-refractivity contribution is 7.90. The maximum Gasteiger partial charge on any atom is 0.460 e. The van der Waals surface area contributed by atoms with E-state index in [1.165, 1.54) is 13.8 Å². The van der Waals surface area contributed by atoms with Crippen LogP contribution in [0.5, 0.6) is 0 Å². The van der Waals surface area contributed by atoms with E-state index in [1.54, 1.807) is 0 Å². The van der Waals surface area contributed by atoms with Crippen LogP contribution >= 0.6 is 0 Å². The van der Waals surface area contributed by atoms with Crippen LogP contribution < -0.4 is 5.32 Å². The number of halogens is 17. The Hall–Kier alpha value is -4.44. The van der Waals surface area contributed by atoms with E-state index in [0.29, 0.717) is 0 Å². The highest BCUT2D eigenvalue weighted by atomic mass is 32.2. The molecular formula is C28H24F17N3O8S. The van der Waals surface area contributed by atoms with Gasteiger partial charge in [-0.2, -0.15) is 78.9 Å². The average Bonchev–Trinajstić information content (AvgIpc) is 3.06. The number of sulfonamides is 1. The summed E-state index contributed by atoms with van der Waals surface area (Å²) in [5.74, 6) is -57.0. The predicted molar refractivity (Wildman–Crippen MR) is 154 cm³/mol. The lowest BCUT2D eigenvalue weighted by molar-refractivity contribution is -0.458. The summed E-state index contributed by atoms with van der Waals surface area (Å²) in [6.07, 6.45) is -7.97. The van der Waals surface area contributed by atoms with E-state index >= 15 is 0 Å². The minimum Gasteiger partial charge on any atom is -0.463 e. The minimum atomic E-state index is -9.01. The van der Waals surface area contributed by atoms with Crippen LogP contribution in [0.15, 0.2) is 46.8 Å². The fourth-order valence-electron chi connectivity index (χ4n) is 4.87. The number of allylic oxidation sites excluding steroid dienone is 2. The first-order valence-corrected chi connectivity index (χ1v) is 16.3. The molecule has 57 heavy (non-hydrogen) atoms. The molecule has 1 aromatic rings. The van der Waals surface area contributed by atoms with E-state index in [1.807, 2.05) is 0 Å². The minimum absolute atomic E-state index is 0.00841. The molecule has 0 aromatic heterocycles. The number of carbonyl (C=O) groups excluding carboxylic acids is 2. The van der Waals surface area contributed by atoms with Crippen molar-refractivity contribution in [2.75, 3.05) is 26.8 Å². The first-order chi connectivity index (χ1) is 25.4. The zero-order valence-corrected chi connectivity index (χ0v) is 29.3. The van der Waals surface area contributed by atoms with Crippen LogP contribution in [-0.2, 0) is 29.1 Å². The standard InChI is InChI=1S/C28H24F17N3O8S/c1-5-55-19(49)16-12(2)46-13(3)17(18(16)14-7-6-8-15(11-14)48(51)52)20(50)56-10-9-47(4)57(53,54)28(44,45)26(39,40)24(35,36)22(31,32)21(29,30)23(33,34)25(37,38)27(41,42)43/h6-8,11,18,46H,5,9-10H2,1-4H3. The molecule has 0 amide bonds. The Morgan fingerprint density at radius 3 is 1.60 bits per heavy atom. The van der Waals surface area contributed by atoms with Crippen molar-refractivity contribution in [1.29, 1.82) is 0 Å². The number of nitrogens with zero attached hydrogens (tertiary/aromatic N) is 2. The molecule has 29 heteroatoms. The number of esters is 2. The monoisotopic (exact) mass is 885 g/mol. The first-order valence-electron chi connectivity index (χ1n) is 14.8. The van der Waals surface area contributed by atoms with Crippen LogP contribution in [0.2, 0.25) is 0 Å². The Bertz CT molecular complexity index is 1930. The molecule has 0 radical (unpaired) electrons. The molecule has 1 unspecified atom stereocenters. The third-order valence-corrected chi connectivity index (χ3v) is 9.86. The average molecular weight is 886 g/mol. The summed E-state index contributed by atoms with van der Waals surface area (Å²) in [6, 6.07) is 4.13. The molecule has 1 heterocycles. The van der Waals surface area contributed by atoms with Crippen molar-refractivity contribution in [2.45, 2.75) is 73.7 Å². The van der Waals surface area contributed by atoms with Gasteiger partial charge in [-0.05, 0) is 26.3 Å². The normalized spacial score (nSPS) is 17.1. The van der Waals surface area contributed by atoms with Gasteiger partial charge in [0.2, 0.25) is 0 Å². The quantitative estimate of drug-likeness (QED) is 0.0791. The summed E-state index contributed by atoms with van der Waals surface area (Å²) >= 11 is 0. The fourth-order valence-corrected chi connectivity index (χ4v) is 6.03. The van der Waals surface area contributed by atoms with E-state index in [9.17, 15) is 103 Å². The molecule has 1 atom stereocenters. The van der Waals surface area contributed by atoms with Crippen LogP contribution in [0.25, 0.3) is 0 Å². The molecule has 0 saturated carbocycles. The molecular weight excluding hydrogens is 861 g/mol. The summed E-state index contributed by atoms with van der Waals surface area (Å²) in [5.41, 5.74) is -2.01. The number of rotatable bonds is 16. The smallest absolute Gasteiger partial charge is 0.460 e. The van der Waals surface area contributed by atoms with Gasteiger partial charge in [-0.15, -0.1) is 0 Å². The number of carbonyl (C=O) groups is 2. The number of hydrogen-bond acceptors (Lipinski definition) is 9. The van der Waals surface area contributed by atoms with E-state index < -0.39 is 108 Å². The van der Waals surface area contributed by atoms with Gasteiger partial charge < -0.3 is 14.8 Å². The molecule has 2 rings (SSSR count). The van der Waals surface area contributed by atoms with Crippen molar-refractivity contribution >= 4 is 27.6 Å². The van der Waals surface area contributed by atoms with E-state index in [2.05, 4.69) is 5.32 Å². The summed E-state index contributed by atoms with van der Waals surface area (Å²) in [4.78, 5) is 36.7. The van der Waals surface area contributed by atoms with Gasteiger partial charge in [0, 0.05) is 37.1 Å². The highest BCUT2D eigenvalue weighted by Crippen LogP contribution is 2.64. The maximum absolute atomic E-state index is 14.7. The van der Waals surface area contributed by atoms with Gasteiger partial charge >= 0.3 is 58.9 Å². The topological polar surface area (TPSA) is 145 Å². The zero-order valence-electron chi connectivity index (χ0n) is 28.5. The lowest BCUT2D eigenvalue weighted by Crippen LogP contribution is -2.75. The zero-order chi connectivity index (χ0) is 44.9. The number of nitrogens with one attached hydrogen (secondary N) is 1. The lowest BCUT2D eigenvalue weighted by Gasteiger charge is -2.42. The number of non-ortho nitro benzene ring substituents is 1. The Balaban J connectivity index is 2.49. The number of alkyl halides is 17. The molecule has 0 bridgehead atoms. The van der Waals surface area contributed by atoms with Gasteiger partial charge in [0.05, 0.1) is 28.6 Å². The fraction of sp³-hybridized carbons (Fsp3) is 0.571. The summed E-state index contributed by atoms with van der Waals surface area (Å²) in [6.45, 7) is 0.0424. The molecule has 1 aliphatic heterocycles. The number of hydrogen-bond donors (Lipinski definition) is 1. The molecule has 1 N–H and O–H groups in total. The van der Waals surface area contributed by atoms with Gasteiger partial charge in [-0.1, -0.05) is 12.1 Å². The molecule has 1 aliphatic rings. The van der Waals surface area contributed by atoms with Gasteiger partial charge in [-0.25, -0.2) is 18.0 Å². The van der Waals surface area contributed by atoms with Crippen molar-refractivity contribution in [2.24, 2.45) is 0 Å². The first kappa shape index (κ1) is 48.7. The number of ether oxygens (including phenoxy) is 2. The van der Waals surface area contributed by atoms with E-state index in [-0.39, 0.29) is 36.2 Å². The van der Waals surface area contributed by atoms with Gasteiger partial charge in [0.25, 0.3) is 15.7 Å². The van der Waals surface area contributed by atoms with Crippen molar-refractivity contribution < 1.29 is 107 Å². The van der Waals surface area contributed by atoms with Crippen LogP contribution in [0.4, 0.5) is 80.3 Å². The van der Waals surface area contributed by atoms with Gasteiger partial charge in [0.15, 0.2) is 0 Å². The van der Waals surface area contributed by atoms with Crippen molar-refractivity contribution in [3.05, 3.63) is 62.5 Å². The molecule has 0 saturated heterocycles. The summed E-state index contributed by atoms with van der Waals surface area (Å²) in [7, 11) is -7.91. The molecule has 0 spiro atoms. The Labute approximate surface area is 307 Å².